The van der Waals surface area contributed by atoms with Crippen LogP contribution >= 0.6 is 0 Å². The molecule has 33 heavy (non-hydrogen) atoms. The minimum atomic E-state index is -1.70. The Labute approximate surface area is 194 Å². The third kappa shape index (κ3) is 8.32. The van der Waals surface area contributed by atoms with Gasteiger partial charge in [-0.25, -0.2) is 0 Å². The van der Waals surface area contributed by atoms with E-state index < -0.39 is 68.0 Å². The van der Waals surface area contributed by atoms with Crippen molar-refractivity contribution in [3.8, 4) is 0 Å². The summed E-state index contributed by atoms with van der Waals surface area (Å²) < 4.78 is 21.8. The lowest BCUT2D eigenvalue weighted by Crippen LogP contribution is -2.63. The van der Waals surface area contributed by atoms with Crippen molar-refractivity contribution < 1.29 is 54.7 Å². The van der Waals surface area contributed by atoms with Crippen molar-refractivity contribution in [2.45, 2.75) is 120 Å². The van der Waals surface area contributed by atoms with Crippen LogP contribution in [0.4, 0.5) is 0 Å². The molecule has 11 nitrogen and oxygen atoms in total. The molecule has 0 aliphatic carbocycles. The summed E-state index contributed by atoms with van der Waals surface area (Å²) >= 11 is 0. The second-order valence-electron chi connectivity index (χ2n) is 8.90. The van der Waals surface area contributed by atoms with E-state index in [4.69, 9.17) is 18.9 Å². The van der Waals surface area contributed by atoms with Crippen molar-refractivity contribution in [1.29, 1.82) is 0 Å². The van der Waals surface area contributed by atoms with Gasteiger partial charge < -0.3 is 54.7 Å². The van der Waals surface area contributed by atoms with Crippen LogP contribution in [0.15, 0.2) is 0 Å². The predicted molar refractivity (Wildman–Crippen MR) is 115 cm³/mol. The number of aliphatic hydroxyl groups is 7. The van der Waals surface area contributed by atoms with Crippen LogP contribution in [0.25, 0.3) is 0 Å². The Balaban J connectivity index is 1.77. The third-order valence-corrected chi connectivity index (χ3v) is 6.21. The van der Waals surface area contributed by atoms with Gasteiger partial charge in [-0.05, 0) is 6.42 Å². The minimum absolute atomic E-state index is 0.0456. The summed E-state index contributed by atoms with van der Waals surface area (Å²) in [4.78, 5) is 0. The van der Waals surface area contributed by atoms with Crippen LogP contribution in [-0.2, 0) is 18.9 Å². The fourth-order valence-electron chi connectivity index (χ4n) is 4.02. The summed E-state index contributed by atoms with van der Waals surface area (Å²) in [5, 5.41) is 69.8. The fraction of sp³-hybridized carbons (Fsp3) is 1.00. The first-order chi connectivity index (χ1) is 15.8. The molecule has 2 rings (SSSR count). The highest BCUT2D eigenvalue weighted by Gasteiger charge is 2.49. The molecule has 0 saturated carbocycles. The standard InChI is InChI=1S/C22H42O11/c1-2-3-4-5-6-7-8-9-10-30-12-14-16(25)18(27)20(29)22(32-14)33-21-19(28)17(26)15(24)13(11-23)31-21/h13-29H,2-12H2,1H3/t13-,14-,15-,16-,17+,18+,19-,20-,21-,22-/m1/s1. The van der Waals surface area contributed by atoms with Gasteiger partial charge in [-0.1, -0.05) is 51.9 Å². The van der Waals surface area contributed by atoms with Crippen LogP contribution in [0, 0.1) is 0 Å². The predicted octanol–water partition coefficient (Wildman–Crippen LogP) is -1.23. The van der Waals surface area contributed by atoms with Gasteiger partial charge >= 0.3 is 0 Å². The molecule has 0 aromatic carbocycles. The van der Waals surface area contributed by atoms with Crippen LogP contribution in [0.1, 0.15) is 58.3 Å². The van der Waals surface area contributed by atoms with Crippen LogP contribution in [0.3, 0.4) is 0 Å². The van der Waals surface area contributed by atoms with Gasteiger partial charge in [-0.15, -0.1) is 0 Å². The Morgan fingerprint density at radius 3 is 1.64 bits per heavy atom. The molecule has 2 aliphatic rings. The average Bonchev–Trinajstić information content (AvgIpc) is 2.81. The van der Waals surface area contributed by atoms with Gasteiger partial charge in [0.1, 0.15) is 48.8 Å². The summed E-state index contributed by atoms with van der Waals surface area (Å²) in [6.07, 6.45) is -5.66. The average molecular weight is 483 g/mol. The molecular formula is C22H42O11. The summed E-state index contributed by atoms with van der Waals surface area (Å²) in [6, 6.07) is 0. The van der Waals surface area contributed by atoms with Crippen LogP contribution < -0.4 is 0 Å². The molecule has 0 unspecified atom stereocenters. The highest BCUT2D eigenvalue weighted by Crippen LogP contribution is 2.28. The van der Waals surface area contributed by atoms with Gasteiger partial charge in [0.05, 0.1) is 13.2 Å². The van der Waals surface area contributed by atoms with E-state index in [0.29, 0.717) is 6.61 Å². The van der Waals surface area contributed by atoms with Gasteiger partial charge in [-0.3, -0.25) is 0 Å². The Hall–Kier alpha value is -0.440. The highest BCUT2D eigenvalue weighted by atomic mass is 16.8. The van der Waals surface area contributed by atoms with E-state index in [-0.39, 0.29) is 6.61 Å². The molecule has 2 aliphatic heterocycles. The van der Waals surface area contributed by atoms with Crippen molar-refractivity contribution in [3.63, 3.8) is 0 Å². The van der Waals surface area contributed by atoms with Gasteiger partial charge in [0.2, 0.25) is 0 Å². The largest absolute Gasteiger partial charge is 0.394 e. The maximum atomic E-state index is 10.2. The molecule has 11 heteroatoms. The number of hydrogen-bond acceptors (Lipinski definition) is 11. The van der Waals surface area contributed by atoms with Gasteiger partial charge in [0.15, 0.2) is 12.6 Å². The Morgan fingerprint density at radius 1 is 0.606 bits per heavy atom. The summed E-state index contributed by atoms with van der Waals surface area (Å²) in [5.41, 5.74) is 0. The van der Waals surface area contributed by atoms with Crippen molar-refractivity contribution in [3.05, 3.63) is 0 Å². The molecule has 2 heterocycles. The zero-order valence-electron chi connectivity index (χ0n) is 19.3. The Kier molecular flexibility index (Phi) is 13.0. The minimum Gasteiger partial charge on any atom is -0.394 e. The highest BCUT2D eigenvalue weighted by molar-refractivity contribution is 4.92. The van der Waals surface area contributed by atoms with E-state index in [2.05, 4.69) is 6.92 Å². The topological polar surface area (TPSA) is 179 Å². The number of unbranched alkanes of at least 4 members (excludes halogenated alkanes) is 7. The van der Waals surface area contributed by atoms with E-state index in [1.807, 2.05) is 0 Å². The Bertz CT molecular complexity index is 523. The lowest BCUT2D eigenvalue weighted by Gasteiger charge is -2.44. The first-order valence-corrected chi connectivity index (χ1v) is 12.0. The zero-order valence-corrected chi connectivity index (χ0v) is 19.3. The maximum absolute atomic E-state index is 10.2. The smallest absolute Gasteiger partial charge is 0.189 e. The summed E-state index contributed by atoms with van der Waals surface area (Å²) in [5.74, 6) is 0. The van der Waals surface area contributed by atoms with Crippen LogP contribution in [0.2, 0.25) is 0 Å². The number of ether oxygens (including phenoxy) is 4. The lowest BCUT2D eigenvalue weighted by atomic mass is 9.98. The number of rotatable bonds is 14. The SMILES string of the molecule is CCCCCCCCCCOC[C@H]1O[C@H](O[C@H]2O[C@H](CO)[C@@H](O)[C@H](O)[C@H]2O)[C@H](O)[C@@H](O)[C@@H]1O. The molecule has 10 atom stereocenters. The molecule has 2 saturated heterocycles. The molecule has 0 radical (unpaired) electrons. The molecule has 0 aromatic rings. The van der Waals surface area contributed by atoms with E-state index in [0.717, 1.165) is 19.3 Å². The van der Waals surface area contributed by atoms with Crippen molar-refractivity contribution in [1.82, 2.24) is 0 Å². The quantitative estimate of drug-likeness (QED) is 0.147. The van der Waals surface area contributed by atoms with Gasteiger partial charge in [-0.2, -0.15) is 0 Å². The molecule has 0 bridgehead atoms. The second-order valence-corrected chi connectivity index (χ2v) is 8.90. The summed E-state index contributed by atoms with van der Waals surface area (Å²) in [6.45, 7) is 1.96. The third-order valence-electron chi connectivity index (χ3n) is 6.21. The molecule has 2 fully saturated rings. The van der Waals surface area contributed by atoms with E-state index >= 15 is 0 Å². The first-order valence-electron chi connectivity index (χ1n) is 12.0. The van der Waals surface area contributed by atoms with Gasteiger partial charge in [0.25, 0.3) is 0 Å². The second kappa shape index (κ2) is 14.8. The van der Waals surface area contributed by atoms with Crippen molar-refractivity contribution in [2.24, 2.45) is 0 Å². The van der Waals surface area contributed by atoms with Gasteiger partial charge in [0, 0.05) is 6.61 Å². The fourth-order valence-corrected chi connectivity index (χ4v) is 4.02. The van der Waals surface area contributed by atoms with E-state index in [1.165, 1.54) is 32.1 Å². The lowest BCUT2D eigenvalue weighted by molar-refractivity contribution is -0.377. The molecule has 0 amide bonds. The monoisotopic (exact) mass is 482 g/mol. The number of aliphatic hydroxyl groups excluding tert-OH is 7. The van der Waals surface area contributed by atoms with E-state index in [1.54, 1.807) is 0 Å². The molecule has 0 spiro atoms. The maximum Gasteiger partial charge on any atom is 0.189 e. The van der Waals surface area contributed by atoms with Crippen molar-refractivity contribution >= 4 is 0 Å². The normalized spacial score (nSPS) is 39.6. The zero-order chi connectivity index (χ0) is 24.4. The Morgan fingerprint density at radius 2 is 1.09 bits per heavy atom. The number of hydrogen-bond donors (Lipinski definition) is 7. The molecule has 0 aromatic heterocycles. The molecule has 196 valence electrons. The first kappa shape index (κ1) is 28.8. The van der Waals surface area contributed by atoms with E-state index in [9.17, 15) is 35.7 Å². The van der Waals surface area contributed by atoms with Crippen LogP contribution in [-0.4, -0.2) is 117 Å². The van der Waals surface area contributed by atoms with Crippen LogP contribution in [0.5, 0.6) is 0 Å². The summed E-state index contributed by atoms with van der Waals surface area (Å²) in [7, 11) is 0. The van der Waals surface area contributed by atoms with Crippen molar-refractivity contribution in [2.75, 3.05) is 19.8 Å². The molecular weight excluding hydrogens is 440 g/mol. The molecule has 7 N–H and O–H groups in total.